The van der Waals surface area contributed by atoms with Gasteiger partial charge in [-0.25, -0.2) is 0 Å². The number of nitrogens with zero attached hydrogens (tertiary/aromatic N) is 1. The third-order valence-corrected chi connectivity index (χ3v) is 8.08. The van der Waals surface area contributed by atoms with Gasteiger partial charge in [0.05, 0.1) is 5.69 Å². The van der Waals surface area contributed by atoms with Gasteiger partial charge in [-0.05, 0) is 39.8 Å². The molecule has 0 heterocycles. The number of hydrogen-bond donors (Lipinski definition) is 0. The summed E-state index contributed by atoms with van der Waals surface area (Å²) in [5.41, 5.74) is 6.88. The number of allylic oxidation sites excluding steroid dienone is 2. The summed E-state index contributed by atoms with van der Waals surface area (Å²) >= 11 is 0. The minimum atomic E-state index is 0.0670. The van der Waals surface area contributed by atoms with Crippen molar-refractivity contribution in [1.29, 1.82) is 0 Å². The number of rotatable bonds is 4. The highest BCUT2D eigenvalue weighted by Gasteiger charge is 2.76. The molecule has 0 aliphatic heterocycles. The lowest BCUT2D eigenvalue weighted by Gasteiger charge is -2.33. The van der Waals surface area contributed by atoms with Gasteiger partial charge < -0.3 is 0 Å². The summed E-state index contributed by atoms with van der Waals surface area (Å²) in [6.07, 6.45) is 11.8. The molecule has 6 rings (SSSR count). The van der Waals surface area contributed by atoms with Crippen LogP contribution in [-0.2, 0) is 0 Å². The van der Waals surface area contributed by atoms with Crippen LogP contribution in [0, 0.1) is 16.7 Å². The zero-order valence-electron chi connectivity index (χ0n) is 18.1. The summed E-state index contributed by atoms with van der Waals surface area (Å²) in [5.74, 6) is 1.15. The normalized spacial score (nSPS) is 29.3. The first-order chi connectivity index (χ1) is 15.1. The third kappa shape index (κ3) is 2.53. The maximum absolute atomic E-state index is 4.94. The van der Waals surface area contributed by atoms with Gasteiger partial charge in [0.25, 0.3) is 0 Å². The smallest absolute Gasteiger partial charge is 0.0625 e. The Bertz CT molecular complexity index is 1170. The van der Waals surface area contributed by atoms with Crippen LogP contribution in [0.1, 0.15) is 47.9 Å². The topological polar surface area (TPSA) is 12.4 Å². The molecule has 3 unspecified atom stereocenters. The maximum Gasteiger partial charge on any atom is 0.0625 e. The SMILES string of the molecule is CC1(C)C(C=Nc2ccccc2)C1(C1C=Cc2ccccc21)C1C=Cc2ccccc21. The van der Waals surface area contributed by atoms with Crippen molar-refractivity contribution in [1.82, 2.24) is 0 Å². The quantitative estimate of drug-likeness (QED) is 0.398. The summed E-state index contributed by atoms with van der Waals surface area (Å²) in [4.78, 5) is 4.94. The second-order valence-electron chi connectivity index (χ2n) is 9.68. The van der Waals surface area contributed by atoms with Crippen LogP contribution in [0.3, 0.4) is 0 Å². The molecule has 0 radical (unpaired) electrons. The Hall–Kier alpha value is -3.19. The maximum atomic E-state index is 4.94. The fourth-order valence-electron chi connectivity index (χ4n) is 6.57. The molecule has 0 bridgehead atoms. The highest BCUT2D eigenvalue weighted by atomic mass is 14.8. The summed E-state index contributed by atoms with van der Waals surface area (Å²) in [6, 6.07) is 28.2. The van der Waals surface area contributed by atoms with Crippen molar-refractivity contribution in [3.63, 3.8) is 0 Å². The summed E-state index contributed by atoms with van der Waals surface area (Å²) in [7, 11) is 0. The standard InChI is InChI=1S/C30H27N/c1-29(2)28(20-31-23-12-4-3-5-13-23)30(29,26-18-16-21-10-6-8-14-24(21)26)27-19-17-22-11-7-9-15-25(22)27/h3-20,26-28H,1-2H3. The van der Waals surface area contributed by atoms with Gasteiger partial charge >= 0.3 is 0 Å². The molecule has 1 saturated carbocycles. The van der Waals surface area contributed by atoms with E-state index in [0.717, 1.165) is 5.69 Å². The van der Waals surface area contributed by atoms with Gasteiger partial charge in [-0.2, -0.15) is 0 Å². The lowest BCUT2D eigenvalue weighted by Crippen LogP contribution is -2.25. The minimum Gasteiger partial charge on any atom is -0.261 e. The Morgan fingerprint density at radius 2 is 1.19 bits per heavy atom. The van der Waals surface area contributed by atoms with Crippen LogP contribution in [0.2, 0.25) is 0 Å². The van der Waals surface area contributed by atoms with E-state index in [0.29, 0.717) is 17.8 Å². The highest BCUT2D eigenvalue weighted by molar-refractivity contribution is 5.78. The van der Waals surface area contributed by atoms with E-state index in [-0.39, 0.29) is 10.8 Å². The molecule has 0 aromatic heterocycles. The van der Waals surface area contributed by atoms with E-state index < -0.39 is 0 Å². The summed E-state index contributed by atoms with van der Waals surface area (Å²) in [6.45, 7) is 4.89. The van der Waals surface area contributed by atoms with Crippen molar-refractivity contribution < 1.29 is 0 Å². The number of fused-ring (bicyclic) bond motifs is 2. The van der Waals surface area contributed by atoms with E-state index in [9.17, 15) is 0 Å². The van der Waals surface area contributed by atoms with Crippen LogP contribution in [0.5, 0.6) is 0 Å². The third-order valence-electron chi connectivity index (χ3n) is 8.08. The molecule has 1 fully saturated rings. The first-order valence-corrected chi connectivity index (χ1v) is 11.3. The Balaban J connectivity index is 1.50. The Morgan fingerprint density at radius 1 is 0.677 bits per heavy atom. The minimum absolute atomic E-state index is 0.0670. The van der Waals surface area contributed by atoms with Gasteiger partial charge in [0.15, 0.2) is 0 Å². The molecule has 1 nitrogen and oxygen atoms in total. The van der Waals surface area contributed by atoms with E-state index in [1.807, 2.05) is 6.07 Å². The number of benzene rings is 3. The molecular weight excluding hydrogens is 374 g/mol. The van der Waals surface area contributed by atoms with Gasteiger partial charge in [-0.3, -0.25) is 4.99 Å². The van der Waals surface area contributed by atoms with Crippen LogP contribution in [-0.4, -0.2) is 6.21 Å². The van der Waals surface area contributed by atoms with Crippen LogP contribution in [0.25, 0.3) is 12.2 Å². The molecule has 0 N–H and O–H groups in total. The second-order valence-corrected chi connectivity index (χ2v) is 9.68. The first-order valence-electron chi connectivity index (χ1n) is 11.3. The van der Waals surface area contributed by atoms with E-state index >= 15 is 0 Å². The molecule has 3 aliphatic carbocycles. The zero-order chi connectivity index (χ0) is 21.1. The van der Waals surface area contributed by atoms with Crippen molar-refractivity contribution in [2.75, 3.05) is 0 Å². The Morgan fingerprint density at radius 3 is 1.77 bits per heavy atom. The number of aliphatic imine (C=N–C) groups is 1. The van der Waals surface area contributed by atoms with Crippen LogP contribution >= 0.6 is 0 Å². The predicted octanol–water partition coefficient (Wildman–Crippen LogP) is 7.65. The van der Waals surface area contributed by atoms with Gasteiger partial charge in [-0.15, -0.1) is 0 Å². The van der Waals surface area contributed by atoms with E-state index in [4.69, 9.17) is 4.99 Å². The first kappa shape index (κ1) is 18.6. The molecule has 3 aromatic rings. The van der Waals surface area contributed by atoms with Crippen molar-refractivity contribution in [3.8, 4) is 0 Å². The van der Waals surface area contributed by atoms with Gasteiger partial charge in [0.2, 0.25) is 0 Å². The molecular formula is C30H27N. The second kappa shape index (κ2) is 6.65. The molecule has 3 atom stereocenters. The summed E-state index contributed by atoms with van der Waals surface area (Å²) < 4.78 is 0. The fraction of sp³-hybridized carbons (Fsp3) is 0.233. The average molecular weight is 402 g/mol. The van der Waals surface area contributed by atoms with Gasteiger partial charge in [0.1, 0.15) is 0 Å². The van der Waals surface area contributed by atoms with Crippen molar-refractivity contribution >= 4 is 24.1 Å². The molecule has 152 valence electrons. The molecule has 3 aromatic carbocycles. The van der Waals surface area contributed by atoms with Crippen LogP contribution in [0.15, 0.2) is 96.0 Å². The number of hydrogen-bond acceptors (Lipinski definition) is 1. The fourth-order valence-corrected chi connectivity index (χ4v) is 6.57. The number of para-hydroxylation sites is 1. The zero-order valence-corrected chi connectivity index (χ0v) is 18.1. The van der Waals surface area contributed by atoms with Crippen LogP contribution < -0.4 is 0 Å². The highest BCUT2D eigenvalue weighted by Crippen LogP contribution is 2.80. The van der Waals surface area contributed by atoms with Crippen molar-refractivity contribution in [3.05, 3.63) is 113 Å². The van der Waals surface area contributed by atoms with E-state index in [1.165, 1.54) is 22.3 Å². The van der Waals surface area contributed by atoms with Crippen molar-refractivity contribution in [2.45, 2.75) is 25.7 Å². The lowest BCUT2D eigenvalue weighted by atomic mass is 9.69. The largest absolute Gasteiger partial charge is 0.261 e. The van der Waals surface area contributed by atoms with Crippen molar-refractivity contribution in [2.24, 2.45) is 21.7 Å². The summed E-state index contributed by atoms with van der Waals surface area (Å²) in [5, 5.41) is 0. The molecule has 1 heteroatoms. The predicted molar refractivity (Wildman–Crippen MR) is 131 cm³/mol. The van der Waals surface area contributed by atoms with E-state index in [1.54, 1.807) is 0 Å². The monoisotopic (exact) mass is 401 g/mol. The van der Waals surface area contributed by atoms with Gasteiger partial charge in [-0.1, -0.05) is 105 Å². The molecule has 31 heavy (non-hydrogen) atoms. The molecule has 0 spiro atoms. The Kier molecular flexibility index (Phi) is 3.99. The molecule has 0 amide bonds. The van der Waals surface area contributed by atoms with Crippen LogP contribution in [0.4, 0.5) is 5.69 Å². The van der Waals surface area contributed by atoms with E-state index in [2.05, 4.69) is 117 Å². The lowest BCUT2D eigenvalue weighted by molar-refractivity contribution is 0.315. The molecule has 0 saturated heterocycles. The molecule has 3 aliphatic rings. The average Bonchev–Trinajstić information content (AvgIpc) is 3.20. The van der Waals surface area contributed by atoms with Gasteiger partial charge in [0, 0.05) is 29.4 Å². The Labute approximate surface area is 184 Å².